The minimum absolute atomic E-state index is 0.0928. The van der Waals surface area contributed by atoms with Crippen LogP contribution in [0.15, 0.2) is 35.3 Å². The van der Waals surface area contributed by atoms with Gasteiger partial charge in [0, 0.05) is 24.1 Å². The third-order valence-corrected chi connectivity index (χ3v) is 8.38. The second-order valence-electron chi connectivity index (χ2n) is 12.4. The van der Waals surface area contributed by atoms with E-state index in [1.165, 1.54) is 12.3 Å². The van der Waals surface area contributed by atoms with Crippen molar-refractivity contribution in [2.75, 3.05) is 13.2 Å². The largest absolute Gasteiger partial charge is 0.491 e. The van der Waals surface area contributed by atoms with Crippen LogP contribution in [0, 0.1) is 11.3 Å². The number of carboxylic acid groups (broad SMARTS) is 1. The second kappa shape index (κ2) is 13.6. The fourth-order valence-corrected chi connectivity index (χ4v) is 5.64. The molecule has 0 aliphatic carbocycles. The molecule has 0 radical (unpaired) electrons. The number of nitrogens with zero attached hydrogens (tertiary/aromatic N) is 3. The molecule has 1 aromatic carbocycles. The summed E-state index contributed by atoms with van der Waals surface area (Å²) in [4.78, 5) is 36.4. The molecule has 1 aliphatic rings. The van der Waals surface area contributed by atoms with Gasteiger partial charge in [-0.3, -0.25) is 14.3 Å². The highest BCUT2D eigenvalue weighted by Crippen LogP contribution is 2.43. The van der Waals surface area contributed by atoms with Crippen molar-refractivity contribution in [3.63, 3.8) is 0 Å². The van der Waals surface area contributed by atoms with Gasteiger partial charge in [0.1, 0.15) is 16.8 Å². The maximum atomic E-state index is 12.7. The Bertz CT molecular complexity index is 1460. The molecule has 9 heteroatoms. The molecule has 1 aliphatic heterocycles. The summed E-state index contributed by atoms with van der Waals surface area (Å²) in [5.41, 5.74) is 1.23. The summed E-state index contributed by atoms with van der Waals surface area (Å²) < 4.78 is 15.4. The first-order valence-electron chi connectivity index (χ1n) is 15.3. The lowest BCUT2D eigenvalue weighted by Gasteiger charge is -2.38. The van der Waals surface area contributed by atoms with Crippen molar-refractivity contribution in [1.29, 1.82) is 0 Å². The molecule has 0 saturated heterocycles. The number of unbranched alkanes of at least 4 members (excludes halogenated alkanes) is 4. The van der Waals surface area contributed by atoms with Gasteiger partial charge in [0.25, 0.3) is 0 Å². The summed E-state index contributed by atoms with van der Waals surface area (Å²) in [7, 11) is 0. The summed E-state index contributed by atoms with van der Waals surface area (Å²) in [6, 6.07) is 7.13. The Labute approximate surface area is 247 Å². The van der Waals surface area contributed by atoms with Crippen LogP contribution in [0.2, 0.25) is 0 Å². The predicted molar refractivity (Wildman–Crippen MR) is 163 cm³/mol. The Morgan fingerprint density at radius 2 is 1.81 bits per heavy atom. The predicted octanol–water partition coefficient (Wildman–Crippen LogP) is 6.86. The van der Waals surface area contributed by atoms with E-state index >= 15 is 0 Å². The number of pyridine rings is 1. The van der Waals surface area contributed by atoms with E-state index < -0.39 is 11.4 Å². The van der Waals surface area contributed by atoms with Gasteiger partial charge >= 0.3 is 11.9 Å². The molecule has 42 heavy (non-hydrogen) atoms. The van der Waals surface area contributed by atoms with Crippen molar-refractivity contribution in [3.05, 3.63) is 46.2 Å². The quantitative estimate of drug-likeness (QED) is 0.164. The summed E-state index contributed by atoms with van der Waals surface area (Å²) in [6.45, 7) is 12.2. The molecular formula is C33H45N3O6. The first-order valence-corrected chi connectivity index (χ1v) is 15.3. The van der Waals surface area contributed by atoms with Crippen molar-refractivity contribution in [2.45, 2.75) is 98.6 Å². The van der Waals surface area contributed by atoms with Crippen LogP contribution in [0.4, 0.5) is 0 Å². The van der Waals surface area contributed by atoms with E-state index in [1.54, 1.807) is 0 Å². The molecule has 0 amide bonds. The molecule has 0 spiro atoms. The van der Waals surface area contributed by atoms with Gasteiger partial charge < -0.3 is 19.1 Å². The summed E-state index contributed by atoms with van der Waals surface area (Å²) in [6.07, 6.45) is 8.79. The highest BCUT2D eigenvalue weighted by molar-refractivity contribution is 5.96. The van der Waals surface area contributed by atoms with Gasteiger partial charge in [-0.1, -0.05) is 78.9 Å². The SMILES string of the molecule is CCC(CC)COC(=O)CCCCCCCOc1cccc2c3n(nc12)C[C@@H](C(C)(C)C)n1cc(C(=O)O)c(=O)cc1-3. The minimum Gasteiger partial charge on any atom is -0.491 e. The molecule has 228 valence electrons. The molecule has 0 bridgehead atoms. The average Bonchev–Trinajstić information content (AvgIpc) is 3.33. The Morgan fingerprint density at radius 3 is 2.50 bits per heavy atom. The van der Waals surface area contributed by atoms with Crippen LogP contribution in [0.5, 0.6) is 5.75 Å². The topological polar surface area (TPSA) is 113 Å². The first kappa shape index (κ1) is 31.3. The van der Waals surface area contributed by atoms with E-state index in [1.807, 2.05) is 27.4 Å². The van der Waals surface area contributed by atoms with Gasteiger partial charge in [-0.15, -0.1) is 0 Å². The van der Waals surface area contributed by atoms with Crippen LogP contribution in [0.1, 0.15) is 102 Å². The molecular weight excluding hydrogens is 534 g/mol. The van der Waals surface area contributed by atoms with Crippen LogP contribution < -0.4 is 10.2 Å². The molecule has 9 nitrogen and oxygen atoms in total. The fourth-order valence-electron chi connectivity index (χ4n) is 5.64. The Hall–Kier alpha value is -3.62. The van der Waals surface area contributed by atoms with E-state index in [-0.39, 0.29) is 23.0 Å². The van der Waals surface area contributed by atoms with Crippen LogP contribution in [0.3, 0.4) is 0 Å². The van der Waals surface area contributed by atoms with Crippen LogP contribution in [0.25, 0.3) is 22.3 Å². The van der Waals surface area contributed by atoms with Crippen molar-refractivity contribution in [2.24, 2.45) is 11.3 Å². The van der Waals surface area contributed by atoms with E-state index in [0.717, 1.165) is 61.5 Å². The molecule has 0 unspecified atom stereocenters. The smallest absolute Gasteiger partial charge is 0.341 e. The van der Waals surface area contributed by atoms with E-state index in [9.17, 15) is 19.5 Å². The molecule has 1 N–H and O–H groups in total. The number of ether oxygens (including phenoxy) is 2. The van der Waals surface area contributed by atoms with Gasteiger partial charge in [0.2, 0.25) is 0 Å². The number of aromatic carboxylic acids is 1. The average molecular weight is 580 g/mol. The van der Waals surface area contributed by atoms with Crippen molar-refractivity contribution in [1.82, 2.24) is 14.3 Å². The van der Waals surface area contributed by atoms with Gasteiger partial charge in [0.15, 0.2) is 5.43 Å². The molecule has 1 atom stereocenters. The molecule has 0 saturated carbocycles. The number of benzene rings is 1. The monoisotopic (exact) mass is 579 g/mol. The number of hydrogen-bond acceptors (Lipinski definition) is 6. The molecule has 3 aromatic rings. The molecule has 2 aromatic heterocycles. The van der Waals surface area contributed by atoms with Gasteiger partial charge in [-0.05, 0) is 30.2 Å². The van der Waals surface area contributed by atoms with Gasteiger partial charge in [-0.2, -0.15) is 5.10 Å². The zero-order valence-electron chi connectivity index (χ0n) is 25.6. The van der Waals surface area contributed by atoms with Crippen molar-refractivity contribution in [3.8, 4) is 17.1 Å². The Kier molecular flexibility index (Phi) is 10.1. The van der Waals surface area contributed by atoms with Crippen molar-refractivity contribution < 1.29 is 24.2 Å². The zero-order valence-corrected chi connectivity index (χ0v) is 25.6. The van der Waals surface area contributed by atoms with Gasteiger partial charge in [-0.25, -0.2) is 4.79 Å². The number of esters is 1. The number of rotatable bonds is 14. The number of carbonyl (C=O) groups is 2. The van der Waals surface area contributed by atoms with Crippen LogP contribution in [-0.2, 0) is 16.1 Å². The summed E-state index contributed by atoms with van der Waals surface area (Å²) >= 11 is 0. The van der Waals surface area contributed by atoms with Crippen LogP contribution in [-0.4, -0.2) is 44.6 Å². The lowest BCUT2D eigenvalue weighted by atomic mass is 9.85. The minimum atomic E-state index is -1.22. The number of fused-ring (bicyclic) bond motifs is 5. The number of carbonyl (C=O) groups excluding carboxylic acids is 1. The first-order chi connectivity index (χ1) is 20.0. The normalized spacial score (nSPS) is 14.6. The number of aromatic nitrogens is 3. The van der Waals surface area contributed by atoms with Crippen molar-refractivity contribution >= 4 is 22.8 Å². The lowest BCUT2D eigenvalue weighted by molar-refractivity contribution is -0.145. The number of hydrogen-bond donors (Lipinski definition) is 1. The number of carboxylic acids is 1. The lowest BCUT2D eigenvalue weighted by Crippen LogP contribution is -2.35. The zero-order chi connectivity index (χ0) is 30.4. The fraction of sp³-hybridized carbons (Fsp3) is 0.576. The highest BCUT2D eigenvalue weighted by Gasteiger charge is 2.35. The third-order valence-electron chi connectivity index (χ3n) is 8.38. The molecule has 4 rings (SSSR count). The summed E-state index contributed by atoms with van der Waals surface area (Å²) in [5, 5.41) is 15.4. The maximum Gasteiger partial charge on any atom is 0.341 e. The molecule has 3 heterocycles. The van der Waals surface area contributed by atoms with E-state index in [0.29, 0.717) is 43.5 Å². The van der Waals surface area contributed by atoms with E-state index in [2.05, 4.69) is 34.6 Å². The molecule has 0 fully saturated rings. The van der Waals surface area contributed by atoms with Crippen LogP contribution >= 0.6 is 0 Å². The Morgan fingerprint density at radius 1 is 1.10 bits per heavy atom. The Balaban J connectivity index is 1.38. The maximum absolute atomic E-state index is 12.7. The summed E-state index contributed by atoms with van der Waals surface area (Å²) in [5.74, 6) is -0.166. The second-order valence-corrected chi connectivity index (χ2v) is 12.4. The third kappa shape index (κ3) is 7.05. The highest BCUT2D eigenvalue weighted by atomic mass is 16.5. The van der Waals surface area contributed by atoms with E-state index in [4.69, 9.17) is 14.6 Å². The van der Waals surface area contributed by atoms with Gasteiger partial charge in [0.05, 0.1) is 37.2 Å². The standard InChI is InChI=1S/C33H45N3O6/c1-6-22(7-2)21-42-29(38)16-11-9-8-10-12-17-41-27-15-13-14-23-30(27)34-36-20-28(33(3,4)5)35-19-24(32(39)40)26(37)18-25(35)31(23)36/h13-15,18-19,22,28H,6-12,16-17,20-21H2,1-5H3,(H,39,40)/t28-/m0/s1.